The molecule has 0 aromatic heterocycles. The van der Waals surface area contributed by atoms with E-state index < -0.39 is 11.9 Å². The van der Waals surface area contributed by atoms with Gasteiger partial charge in [0.2, 0.25) is 5.78 Å². The average Bonchev–Trinajstić information content (AvgIpc) is 2.69. The number of methoxy groups -OCH3 is 1. The number of nitrogens with two attached hydrogens (primary N) is 1. The number of primary amides is 1. The van der Waals surface area contributed by atoms with Gasteiger partial charge in [-0.3, -0.25) is 9.59 Å². The summed E-state index contributed by atoms with van der Waals surface area (Å²) in [4.78, 5) is 35.0. The third kappa shape index (κ3) is 6.49. The highest BCUT2D eigenvalue weighted by Crippen LogP contribution is 2.28. The van der Waals surface area contributed by atoms with Crippen molar-refractivity contribution in [3.05, 3.63) is 64.7 Å². The Hall–Kier alpha value is -3.61. The van der Waals surface area contributed by atoms with Crippen LogP contribution in [-0.4, -0.2) is 38.0 Å². The molecule has 7 heteroatoms. The predicted molar refractivity (Wildman–Crippen MR) is 108 cm³/mol. The van der Waals surface area contributed by atoms with E-state index in [1.165, 1.54) is 19.3 Å². The van der Waals surface area contributed by atoms with Crippen molar-refractivity contribution < 1.29 is 28.6 Å². The van der Waals surface area contributed by atoms with Gasteiger partial charge >= 0.3 is 5.97 Å². The van der Waals surface area contributed by atoms with Crippen LogP contribution >= 0.6 is 0 Å². The summed E-state index contributed by atoms with van der Waals surface area (Å²) in [5.74, 6) is -0.774. The number of esters is 1. The Morgan fingerprint density at radius 2 is 1.76 bits per heavy atom. The van der Waals surface area contributed by atoms with Gasteiger partial charge in [-0.25, -0.2) is 4.79 Å². The van der Waals surface area contributed by atoms with Crippen molar-refractivity contribution >= 4 is 23.7 Å². The molecule has 0 fully saturated rings. The molecule has 0 aliphatic carbocycles. The third-order valence-electron chi connectivity index (χ3n) is 4.00. The molecule has 1 amide bonds. The van der Waals surface area contributed by atoms with Gasteiger partial charge in [0.05, 0.1) is 7.11 Å². The zero-order valence-electron chi connectivity index (χ0n) is 16.6. The number of carbonyl (C=O) groups excluding carboxylic acids is 3. The molecule has 0 aliphatic heterocycles. The average molecular weight is 397 g/mol. The Morgan fingerprint density at radius 1 is 1.00 bits per heavy atom. The number of ketones is 1. The minimum atomic E-state index is -0.642. The van der Waals surface area contributed by atoms with Gasteiger partial charge in [-0.05, 0) is 43.2 Å². The molecule has 0 bridgehead atoms. The lowest BCUT2D eigenvalue weighted by atomic mass is 10.0. The molecule has 0 spiro atoms. The summed E-state index contributed by atoms with van der Waals surface area (Å²) in [5.41, 5.74) is 8.12. The van der Waals surface area contributed by atoms with Gasteiger partial charge in [0.25, 0.3) is 5.91 Å². The second-order valence-electron chi connectivity index (χ2n) is 6.35. The van der Waals surface area contributed by atoms with E-state index in [0.717, 1.165) is 11.1 Å². The largest absolute Gasteiger partial charge is 0.493 e. The zero-order valence-corrected chi connectivity index (χ0v) is 16.6. The lowest BCUT2D eigenvalue weighted by molar-refractivity contribution is -0.136. The number of aryl methyl sites for hydroxylation is 2. The zero-order chi connectivity index (χ0) is 21.4. The first kappa shape index (κ1) is 21.7. The molecule has 0 saturated carbocycles. The van der Waals surface area contributed by atoms with Crippen LogP contribution < -0.4 is 15.2 Å². The SMILES string of the molecule is COc1cc(/C=C/C(=O)OCC(=O)c2ccc(C)cc2C)ccc1OCC(N)=O. The number of amides is 1. The molecule has 2 aromatic rings. The van der Waals surface area contributed by atoms with E-state index in [9.17, 15) is 14.4 Å². The third-order valence-corrected chi connectivity index (χ3v) is 4.00. The van der Waals surface area contributed by atoms with Gasteiger partial charge in [0.15, 0.2) is 24.7 Å². The quantitative estimate of drug-likeness (QED) is 0.396. The highest BCUT2D eigenvalue weighted by Gasteiger charge is 2.11. The minimum absolute atomic E-state index is 0.262. The van der Waals surface area contributed by atoms with Crippen LogP contribution in [0.15, 0.2) is 42.5 Å². The van der Waals surface area contributed by atoms with E-state index in [2.05, 4.69) is 0 Å². The van der Waals surface area contributed by atoms with E-state index in [4.69, 9.17) is 19.9 Å². The fraction of sp³-hybridized carbons (Fsp3) is 0.227. The summed E-state index contributed by atoms with van der Waals surface area (Å²) in [6, 6.07) is 10.4. The van der Waals surface area contributed by atoms with Crippen molar-refractivity contribution in [2.75, 3.05) is 20.3 Å². The highest BCUT2D eigenvalue weighted by atomic mass is 16.5. The van der Waals surface area contributed by atoms with E-state index in [1.807, 2.05) is 26.0 Å². The van der Waals surface area contributed by atoms with Gasteiger partial charge < -0.3 is 19.9 Å². The first-order valence-corrected chi connectivity index (χ1v) is 8.84. The monoisotopic (exact) mass is 397 g/mol. The molecule has 0 atom stereocenters. The second kappa shape index (κ2) is 10.1. The lowest BCUT2D eigenvalue weighted by Gasteiger charge is -2.10. The molecule has 0 aliphatic rings. The Morgan fingerprint density at radius 3 is 2.41 bits per heavy atom. The fourth-order valence-electron chi connectivity index (χ4n) is 2.61. The number of Topliss-reactive ketones (excluding diaryl/α,β-unsaturated/α-hetero) is 1. The molecular formula is C22H23NO6. The summed E-state index contributed by atoms with van der Waals surface area (Å²) in [5, 5.41) is 0. The first-order valence-electron chi connectivity index (χ1n) is 8.84. The highest BCUT2D eigenvalue weighted by molar-refractivity contribution is 6.00. The number of benzene rings is 2. The van der Waals surface area contributed by atoms with Crippen LogP contribution in [0.5, 0.6) is 11.5 Å². The maximum atomic E-state index is 12.2. The number of ether oxygens (including phenoxy) is 3. The molecule has 152 valence electrons. The summed E-state index contributed by atoms with van der Waals surface area (Å²) < 4.78 is 15.5. The van der Waals surface area contributed by atoms with Crippen molar-refractivity contribution in [1.29, 1.82) is 0 Å². The molecule has 29 heavy (non-hydrogen) atoms. The molecule has 2 aromatic carbocycles. The molecule has 0 heterocycles. The Labute approximate surface area is 169 Å². The van der Waals surface area contributed by atoms with Crippen LogP contribution in [0.25, 0.3) is 6.08 Å². The van der Waals surface area contributed by atoms with Crippen molar-refractivity contribution in [2.24, 2.45) is 5.73 Å². The van der Waals surface area contributed by atoms with Crippen LogP contribution in [0.4, 0.5) is 0 Å². The topological polar surface area (TPSA) is 105 Å². The van der Waals surface area contributed by atoms with Crippen molar-refractivity contribution in [3.63, 3.8) is 0 Å². The van der Waals surface area contributed by atoms with Crippen molar-refractivity contribution in [2.45, 2.75) is 13.8 Å². The van der Waals surface area contributed by atoms with E-state index in [0.29, 0.717) is 22.6 Å². The minimum Gasteiger partial charge on any atom is -0.493 e. The smallest absolute Gasteiger partial charge is 0.331 e. The standard InChI is InChI=1S/C22H23NO6/c1-14-4-7-17(15(2)10-14)18(24)12-29-22(26)9-6-16-5-8-19(20(11-16)27-3)28-13-21(23)25/h4-11H,12-13H2,1-3H3,(H2,23,25)/b9-6+. The Kier molecular flexibility index (Phi) is 7.54. The predicted octanol–water partition coefficient (Wildman–Crippen LogP) is 2.62. The van der Waals surface area contributed by atoms with Crippen LogP contribution in [0, 0.1) is 13.8 Å². The van der Waals surface area contributed by atoms with E-state index in [1.54, 1.807) is 24.3 Å². The Bertz CT molecular complexity index is 948. The lowest BCUT2D eigenvalue weighted by Crippen LogP contribution is -2.20. The summed E-state index contributed by atoms with van der Waals surface area (Å²) in [6.07, 6.45) is 2.73. The summed E-state index contributed by atoms with van der Waals surface area (Å²) >= 11 is 0. The van der Waals surface area contributed by atoms with Crippen molar-refractivity contribution in [3.8, 4) is 11.5 Å². The number of carbonyl (C=O) groups is 3. The molecule has 2 rings (SSSR count). The molecule has 2 N–H and O–H groups in total. The number of hydrogen-bond acceptors (Lipinski definition) is 6. The Balaban J connectivity index is 1.96. The van der Waals surface area contributed by atoms with Gasteiger partial charge in [0, 0.05) is 11.6 Å². The normalized spacial score (nSPS) is 10.6. The number of hydrogen-bond donors (Lipinski definition) is 1. The van der Waals surface area contributed by atoms with Crippen LogP contribution in [0.1, 0.15) is 27.0 Å². The van der Waals surface area contributed by atoms with Gasteiger partial charge in [0.1, 0.15) is 0 Å². The van der Waals surface area contributed by atoms with Crippen LogP contribution in [0.2, 0.25) is 0 Å². The van der Waals surface area contributed by atoms with Crippen molar-refractivity contribution in [1.82, 2.24) is 0 Å². The molecule has 0 unspecified atom stereocenters. The maximum Gasteiger partial charge on any atom is 0.331 e. The van der Waals surface area contributed by atoms with Gasteiger partial charge in [-0.15, -0.1) is 0 Å². The second-order valence-corrected chi connectivity index (χ2v) is 6.35. The fourth-order valence-corrected chi connectivity index (χ4v) is 2.61. The molecular weight excluding hydrogens is 374 g/mol. The first-order chi connectivity index (χ1) is 13.8. The molecule has 7 nitrogen and oxygen atoms in total. The van der Waals surface area contributed by atoms with Gasteiger partial charge in [-0.2, -0.15) is 0 Å². The molecule has 0 radical (unpaired) electrons. The molecule has 0 saturated heterocycles. The van der Waals surface area contributed by atoms with Gasteiger partial charge in [-0.1, -0.05) is 29.8 Å². The van der Waals surface area contributed by atoms with E-state index >= 15 is 0 Å². The summed E-state index contributed by atoms with van der Waals surface area (Å²) in [6.45, 7) is 3.17. The van der Waals surface area contributed by atoms with E-state index in [-0.39, 0.29) is 19.0 Å². The maximum absolute atomic E-state index is 12.2. The number of rotatable bonds is 9. The summed E-state index contributed by atoms with van der Waals surface area (Å²) in [7, 11) is 1.45. The van der Waals surface area contributed by atoms with Crippen LogP contribution in [0.3, 0.4) is 0 Å². The van der Waals surface area contributed by atoms with Crippen LogP contribution in [-0.2, 0) is 14.3 Å².